The van der Waals surface area contributed by atoms with Crippen LogP contribution in [0, 0.1) is 0 Å². The lowest BCUT2D eigenvalue weighted by molar-refractivity contribution is -0.126. The third-order valence-corrected chi connectivity index (χ3v) is 4.82. The van der Waals surface area contributed by atoms with Crippen LogP contribution in [0.3, 0.4) is 0 Å². The Kier molecular flexibility index (Phi) is 8.50. The molecule has 2 amide bonds. The van der Waals surface area contributed by atoms with Gasteiger partial charge in [-0.15, -0.1) is 0 Å². The summed E-state index contributed by atoms with van der Waals surface area (Å²) in [7, 11) is 0. The maximum atomic E-state index is 12.0. The number of halogens is 3. The predicted octanol–water partition coefficient (Wildman–Crippen LogP) is 5.70. The van der Waals surface area contributed by atoms with E-state index in [4.69, 9.17) is 39.5 Å². The van der Waals surface area contributed by atoms with Crippen molar-refractivity contribution in [1.29, 1.82) is 0 Å². The van der Waals surface area contributed by atoms with E-state index in [9.17, 15) is 9.59 Å². The van der Waals surface area contributed by atoms with Crippen molar-refractivity contribution in [2.24, 2.45) is 5.10 Å². The summed E-state index contributed by atoms with van der Waals surface area (Å²) in [5, 5.41) is 8.15. The lowest BCUT2D eigenvalue weighted by atomic mass is 10.2. The van der Waals surface area contributed by atoms with Gasteiger partial charge in [0.1, 0.15) is 18.8 Å². The Labute approximate surface area is 200 Å². The van der Waals surface area contributed by atoms with Crippen LogP contribution < -0.4 is 15.5 Å². The van der Waals surface area contributed by atoms with E-state index in [1.807, 2.05) is 12.1 Å². The molecule has 2 N–H and O–H groups in total. The summed E-state index contributed by atoms with van der Waals surface area (Å²) in [6.45, 7) is 0.292. The van der Waals surface area contributed by atoms with Gasteiger partial charge in [0.05, 0.1) is 6.21 Å². The van der Waals surface area contributed by atoms with Gasteiger partial charge in [0, 0.05) is 26.3 Å². The maximum Gasteiger partial charge on any atom is 0.249 e. The van der Waals surface area contributed by atoms with E-state index >= 15 is 0 Å². The Balaban J connectivity index is 1.55. The van der Waals surface area contributed by atoms with E-state index < -0.39 is 18.2 Å². The van der Waals surface area contributed by atoms with Gasteiger partial charge >= 0.3 is 0 Å². The van der Waals surface area contributed by atoms with Gasteiger partial charge in [-0.05, 0) is 60.2 Å². The third kappa shape index (κ3) is 7.57. The van der Waals surface area contributed by atoms with Gasteiger partial charge in [0.2, 0.25) is 11.8 Å². The third-order valence-electron chi connectivity index (χ3n) is 4.10. The van der Waals surface area contributed by atoms with Gasteiger partial charge < -0.3 is 10.1 Å². The number of nitrogens with one attached hydrogen (secondary N) is 2. The second kappa shape index (κ2) is 11.5. The first kappa shape index (κ1) is 23.6. The number of carbonyl (C=O) groups is 2. The zero-order chi connectivity index (χ0) is 22.9. The Morgan fingerprint density at radius 1 is 0.875 bits per heavy atom. The number of benzene rings is 3. The summed E-state index contributed by atoms with van der Waals surface area (Å²) in [4.78, 5) is 24.0. The molecule has 0 atom stereocenters. The van der Waals surface area contributed by atoms with Crippen molar-refractivity contribution in [2.75, 3.05) is 5.32 Å². The van der Waals surface area contributed by atoms with Gasteiger partial charge in [-0.1, -0.05) is 46.9 Å². The zero-order valence-corrected chi connectivity index (χ0v) is 18.9. The Morgan fingerprint density at radius 3 is 2.34 bits per heavy atom. The molecule has 3 aromatic carbocycles. The first-order valence-corrected chi connectivity index (χ1v) is 10.6. The normalized spacial score (nSPS) is 10.7. The van der Waals surface area contributed by atoms with Gasteiger partial charge in [-0.25, -0.2) is 5.43 Å². The summed E-state index contributed by atoms with van der Waals surface area (Å²) in [6, 6.07) is 18.9. The number of anilines is 1. The average molecular weight is 491 g/mol. The quantitative estimate of drug-likeness (QED) is 0.241. The molecule has 0 fully saturated rings. The lowest BCUT2D eigenvalue weighted by Crippen LogP contribution is -2.24. The minimum Gasteiger partial charge on any atom is -0.488 e. The molecule has 0 saturated carbocycles. The Hall–Kier alpha value is -3.06. The van der Waals surface area contributed by atoms with Crippen molar-refractivity contribution in [3.63, 3.8) is 0 Å². The maximum absolute atomic E-state index is 12.0. The molecule has 3 aromatic rings. The Morgan fingerprint density at radius 2 is 1.59 bits per heavy atom. The summed E-state index contributed by atoms with van der Waals surface area (Å²) < 4.78 is 5.84. The van der Waals surface area contributed by atoms with Crippen molar-refractivity contribution in [3.05, 3.63) is 92.9 Å². The summed E-state index contributed by atoms with van der Waals surface area (Å²) in [5.41, 5.74) is 4.31. The highest BCUT2D eigenvalue weighted by molar-refractivity contribution is 6.31. The monoisotopic (exact) mass is 489 g/mol. The summed E-state index contributed by atoms with van der Waals surface area (Å²) in [5.74, 6) is -0.530. The van der Waals surface area contributed by atoms with Crippen LogP contribution in [0.5, 0.6) is 5.75 Å². The van der Waals surface area contributed by atoms with Crippen LogP contribution in [-0.4, -0.2) is 18.0 Å². The largest absolute Gasteiger partial charge is 0.488 e. The van der Waals surface area contributed by atoms with Crippen LogP contribution in [0.1, 0.15) is 17.5 Å². The highest BCUT2D eigenvalue weighted by Gasteiger charge is 2.09. The first-order chi connectivity index (χ1) is 15.4. The SMILES string of the molecule is O=C(CC(=O)Nc1ccc(Cl)cc1)NN=Cc1cc(Cl)ccc1OCc1cccc(Cl)c1. The highest BCUT2D eigenvalue weighted by Crippen LogP contribution is 2.23. The summed E-state index contributed by atoms with van der Waals surface area (Å²) in [6.07, 6.45) is 1.00. The molecule has 32 heavy (non-hydrogen) atoms. The van der Waals surface area contributed by atoms with E-state index in [1.54, 1.807) is 54.6 Å². The molecule has 3 rings (SSSR count). The number of ether oxygens (including phenoxy) is 1. The molecule has 0 spiro atoms. The molecular formula is C23H18Cl3N3O3. The molecule has 0 aromatic heterocycles. The Bertz CT molecular complexity index is 1130. The fraction of sp³-hybridized carbons (Fsp3) is 0.0870. The van der Waals surface area contributed by atoms with E-state index in [0.29, 0.717) is 38.7 Å². The minimum atomic E-state index is -0.573. The molecule has 6 nitrogen and oxygen atoms in total. The van der Waals surface area contributed by atoms with Crippen molar-refractivity contribution in [1.82, 2.24) is 5.43 Å². The van der Waals surface area contributed by atoms with Crippen LogP contribution in [-0.2, 0) is 16.2 Å². The number of nitrogens with zero attached hydrogens (tertiary/aromatic N) is 1. The molecule has 0 heterocycles. The summed E-state index contributed by atoms with van der Waals surface area (Å²) >= 11 is 17.9. The van der Waals surface area contributed by atoms with Gasteiger partial charge in [-0.2, -0.15) is 5.10 Å². The van der Waals surface area contributed by atoms with Crippen molar-refractivity contribution < 1.29 is 14.3 Å². The standard InChI is InChI=1S/C23H18Cl3N3O3/c24-17-4-7-20(8-5-17)28-22(30)12-23(31)29-27-13-16-11-19(26)6-9-21(16)32-14-15-2-1-3-18(25)10-15/h1-11,13H,12,14H2,(H,28,30)(H,29,31). The van der Waals surface area contributed by atoms with Crippen LogP contribution in [0.15, 0.2) is 71.8 Å². The fourth-order valence-electron chi connectivity index (χ4n) is 2.64. The fourth-order valence-corrected chi connectivity index (χ4v) is 3.16. The van der Waals surface area contributed by atoms with E-state index in [0.717, 1.165) is 5.56 Å². The topological polar surface area (TPSA) is 79.8 Å². The molecular weight excluding hydrogens is 473 g/mol. The van der Waals surface area contributed by atoms with Gasteiger partial charge in [0.25, 0.3) is 0 Å². The van der Waals surface area contributed by atoms with Crippen LogP contribution in [0.4, 0.5) is 5.69 Å². The highest BCUT2D eigenvalue weighted by atomic mass is 35.5. The molecule has 0 bridgehead atoms. The number of hydrogen-bond donors (Lipinski definition) is 2. The average Bonchev–Trinajstić information content (AvgIpc) is 2.75. The number of hydrogen-bond acceptors (Lipinski definition) is 4. The molecule has 0 unspecified atom stereocenters. The van der Waals surface area contributed by atoms with E-state index in [-0.39, 0.29) is 0 Å². The second-order valence-corrected chi connectivity index (χ2v) is 7.94. The number of carbonyl (C=O) groups excluding carboxylic acids is 2. The molecule has 9 heteroatoms. The van der Waals surface area contributed by atoms with Crippen LogP contribution in [0.2, 0.25) is 15.1 Å². The minimum absolute atomic E-state index is 0.292. The zero-order valence-electron chi connectivity index (χ0n) is 16.6. The number of hydrazone groups is 1. The first-order valence-electron chi connectivity index (χ1n) is 9.43. The number of rotatable bonds is 8. The second-order valence-electron chi connectivity index (χ2n) is 6.63. The predicted molar refractivity (Wildman–Crippen MR) is 128 cm³/mol. The molecule has 0 saturated heterocycles. The smallest absolute Gasteiger partial charge is 0.249 e. The van der Waals surface area contributed by atoms with Gasteiger partial charge in [0.15, 0.2) is 0 Å². The van der Waals surface area contributed by atoms with Crippen LogP contribution >= 0.6 is 34.8 Å². The van der Waals surface area contributed by atoms with Crippen molar-refractivity contribution in [2.45, 2.75) is 13.0 Å². The van der Waals surface area contributed by atoms with Gasteiger partial charge in [-0.3, -0.25) is 9.59 Å². The molecule has 0 aliphatic heterocycles. The van der Waals surface area contributed by atoms with E-state index in [2.05, 4.69) is 15.8 Å². The lowest BCUT2D eigenvalue weighted by Gasteiger charge is -2.10. The van der Waals surface area contributed by atoms with Crippen molar-refractivity contribution >= 4 is 58.5 Å². The van der Waals surface area contributed by atoms with Crippen LogP contribution in [0.25, 0.3) is 0 Å². The molecule has 0 aliphatic rings. The molecule has 0 aliphatic carbocycles. The van der Waals surface area contributed by atoms with Crippen molar-refractivity contribution in [3.8, 4) is 5.75 Å². The number of amides is 2. The van der Waals surface area contributed by atoms with E-state index in [1.165, 1.54) is 6.21 Å². The molecule has 0 radical (unpaired) electrons. The molecule has 164 valence electrons.